The molecular weight excluding hydrogens is 258 g/mol. The first kappa shape index (κ1) is 14.1. The van der Waals surface area contributed by atoms with E-state index < -0.39 is 0 Å². The largest absolute Gasteiger partial charge is 0.309 e. The van der Waals surface area contributed by atoms with Crippen LogP contribution in [0.15, 0.2) is 12.7 Å². The summed E-state index contributed by atoms with van der Waals surface area (Å²) in [6.07, 6.45) is 5.04. The maximum atomic E-state index is 12.0. The molecule has 0 aliphatic heterocycles. The Labute approximate surface area is 116 Å². The van der Waals surface area contributed by atoms with Gasteiger partial charge in [0.15, 0.2) is 11.5 Å². The highest BCUT2D eigenvalue weighted by molar-refractivity contribution is 6.00. The Morgan fingerprint density at radius 3 is 2.60 bits per heavy atom. The number of amides is 1. The summed E-state index contributed by atoms with van der Waals surface area (Å²) in [5.74, 6) is 0.106. The second-order valence-electron chi connectivity index (χ2n) is 4.45. The lowest BCUT2D eigenvalue weighted by Gasteiger charge is -2.07. The van der Waals surface area contributed by atoms with Gasteiger partial charge in [-0.1, -0.05) is 13.8 Å². The smallest absolute Gasteiger partial charge is 0.232 e. The standard InChI is InChI=1S/C13H17N5O2/c1-3-5-9(19)17-13-11-12(14-7-15-13)16-8-18(11)10(20)6-4-2/h7-8H,3-6H2,1-2H3,(H,14,15,17,19). The molecule has 7 heteroatoms. The molecule has 1 N–H and O–H groups in total. The van der Waals surface area contributed by atoms with Crippen molar-refractivity contribution in [2.45, 2.75) is 39.5 Å². The van der Waals surface area contributed by atoms with E-state index in [1.807, 2.05) is 13.8 Å². The fourth-order valence-electron chi connectivity index (χ4n) is 1.89. The Morgan fingerprint density at radius 1 is 1.15 bits per heavy atom. The van der Waals surface area contributed by atoms with Gasteiger partial charge in [-0.2, -0.15) is 0 Å². The van der Waals surface area contributed by atoms with Gasteiger partial charge in [-0.25, -0.2) is 15.0 Å². The molecule has 2 aromatic rings. The van der Waals surface area contributed by atoms with Crippen molar-refractivity contribution < 1.29 is 9.59 Å². The van der Waals surface area contributed by atoms with Crippen LogP contribution >= 0.6 is 0 Å². The quantitative estimate of drug-likeness (QED) is 0.901. The Morgan fingerprint density at radius 2 is 1.90 bits per heavy atom. The summed E-state index contributed by atoms with van der Waals surface area (Å²) < 4.78 is 1.40. The van der Waals surface area contributed by atoms with Gasteiger partial charge in [0.05, 0.1) is 0 Å². The molecule has 0 fully saturated rings. The lowest BCUT2D eigenvalue weighted by atomic mass is 10.3. The van der Waals surface area contributed by atoms with Gasteiger partial charge in [-0.05, 0) is 12.8 Å². The van der Waals surface area contributed by atoms with Crippen LogP contribution < -0.4 is 5.32 Å². The molecule has 0 aromatic carbocycles. The third-order valence-corrected chi connectivity index (χ3v) is 2.81. The van der Waals surface area contributed by atoms with Crippen molar-refractivity contribution in [2.24, 2.45) is 0 Å². The molecule has 2 heterocycles. The number of hydrogen-bond acceptors (Lipinski definition) is 5. The van der Waals surface area contributed by atoms with E-state index in [2.05, 4.69) is 20.3 Å². The highest BCUT2D eigenvalue weighted by atomic mass is 16.2. The van der Waals surface area contributed by atoms with E-state index in [9.17, 15) is 9.59 Å². The van der Waals surface area contributed by atoms with Crippen molar-refractivity contribution in [3.8, 4) is 0 Å². The van der Waals surface area contributed by atoms with Crippen LogP contribution in [0.25, 0.3) is 11.2 Å². The van der Waals surface area contributed by atoms with Crippen LogP contribution in [0.1, 0.15) is 44.3 Å². The van der Waals surface area contributed by atoms with E-state index in [-0.39, 0.29) is 11.8 Å². The number of hydrogen-bond donors (Lipinski definition) is 1. The van der Waals surface area contributed by atoms with Crippen molar-refractivity contribution in [1.82, 2.24) is 19.5 Å². The molecule has 0 saturated carbocycles. The van der Waals surface area contributed by atoms with Crippen molar-refractivity contribution in [3.05, 3.63) is 12.7 Å². The van der Waals surface area contributed by atoms with E-state index in [4.69, 9.17) is 0 Å². The predicted molar refractivity (Wildman–Crippen MR) is 74.4 cm³/mol. The summed E-state index contributed by atoms with van der Waals surface area (Å²) in [6.45, 7) is 3.85. The van der Waals surface area contributed by atoms with Gasteiger partial charge in [-0.3, -0.25) is 14.2 Å². The lowest BCUT2D eigenvalue weighted by molar-refractivity contribution is -0.116. The van der Waals surface area contributed by atoms with Crippen LogP contribution in [0.3, 0.4) is 0 Å². The summed E-state index contributed by atoms with van der Waals surface area (Å²) in [4.78, 5) is 35.9. The summed E-state index contributed by atoms with van der Waals surface area (Å²) in [5.41, 5.74) is 0.853. The highest BCUT2D eigenvalue weighted by Crippen LogP contribution is 2.19. The molecule has 1 amide bonds. The first-order chi connectivity index (χ1) is 9.67. The zero-order valence-corrected chi connectivity index (χ0v) is 11.6. The molecular formula is C13H17N5O2. The van der Waals surface area contributed by atoms with Gasteiger partial charge in [0.25, 0.3) is 0 Å². The maximum absolute atomic E-state index is 12.0. The van der Waals surface area contributed by atoms with E-state index in [1.165, 1.54) is 17.2 Å². The van der Waals surface area contributed by atoms with Gasteiger partial charge in [-0.15, -0.1) is 0 Å². The highest BCUT2D eigenvalue weighted by Gasteiger charge is 2.16. The fourth-order valence-corrected chi connectivity index (χ4v) is 1.89. The molecule has 0 atom stereocenters. The van der Waals surface area contributed by atoms with Gasteiger partial charge in [0.2, 0.25) is 11.8 Å². The zero-order chi connectivity index (χ0) is 14.5. The van der Waals surface area contributed by atoms with E-state index in [1.54, 1.807) is 0 Å². The van der Waals surface area contributed by atoms with E-state index in [0.29, 0.717) is 29.8 Å². The van der Waals surface area contributed by atoms with Crippen LogP contribution in [0.5, 0.6) is 0 Å². The molecule has 0 spiro atoms. The average Bonchev–Trinajstić information content (AvgIpc) is 2.84. The van der Waals surface area contributed by atoms with E-state index in [0.717, 1.165) is 12.8 Å². The second kappa shape index (κ2) is 6.23. The van der Waals surface area contributed by atoms with Crippen LogP contribution in [0.2, 0.25) is 0 Å². The van der Waals surface area contributed by atoms with Gasteiger partial charge < -0.3 is 5.32 Å². The van der Waals surface area contributed by atoms with Crippen molar-refractivity contribution >= 4 is 28.8 Å². The minimum atomic E-state index is -0.136. The molecule has 20 heavy (non-hydrogen) atoms. The van der Waals surface area contributed by atoms with Crippen LogP contribution in [0.4, 0.5) is 5.82 Å². The third kappa shape index (κ3) is 2.81. The molecule has 0 radical (unpaired) electrons. The molecule has 0 saturated heterocycles. The lowest BCUT2D eigenvalue weighted by Crippen LogP contribution is -2.15. The summed E-state index contributed by atoms with van der Waals surface area (Å²) in [7, 11) is 0. The Bertz CT molecular complexity index is 635. The van der Waals surface area contributed by atoms with Gasteiger partial charge >= 0.3 is 0 Å². The normalized spacial score (nSPS) is 10.7. The second-order valence-corrected chi connectivity index (χ2v) is 4.45. The summed E-state index contributed by atoms with van der Waals surface area (Å²) >= 11 is 0. The maximum Gasteiger partial charge on any atom is 0.232 e. The molecule has 0 bridgehead atoms. The molecule has 0 aliphatic rings. The first-order valence-electron chi connectivity index (χ1n) is 6.68. The van der Waals surface area contributed by atoms with Crippen LogP contribution in [-0.2, 0) is 4.79 Å². The zero-order valence-electron chi connectivity index (χ0n) is 11.6. The Balaban J connectivity index is 2.41. The van der Waals surface area contributed by atoms with Gasteiger partial charge in [0.1, 0.15) is 18.2 Å². The number of fused-ring (bicyclic) bond motifs is 1. The number of nitrogens with zero attached hydrogens (tertiary/aromatic N) is 4. The third-order valence-electron chi connectivity index (χ3n) is 2.81. The number of imidazole rings is 1. The minimum absolute atomic E-state index is 0.0872. The van der Waals surface area contributed by atoms with E-state index >= 15 is 0 Å². The molecule has 0 aliphatic carbocycles. The Hall–Kier alpha value is -2.31. The van der Waals surface area contributed by atoms with Crippen molar-refractivity contribution in [2.75, 3.05) is 5.32 Å². The van der Waals surface area contributed by atoms with Gasteiger partial charge in [0, 0.05) is 12.8 Å². The van der Waals surface area contributed by atoms with Crippen molar-refractivity contribution in [3.63, 3.8) is 0 Å². The summed E-state index contributed by atoms with van der Waals surface area (Å²) in [6, 6.07) is 0. The number of rotatable bonds is 5. The molecule has 7 nitrogen and oxygen atoms in total. The average molecular weight is 275 g/mol. The monoisotopic (exact) mass is 275 g/mol. The number of anilines is 1. The number of carbonyl (C=O) groups excluding carboxylic acids is 2. The molecule has 2 rings (SSSR count). The molecule has 2 aromatic heterocycles. The van der Waals surface area contributed by atoms with Crippen molar-refractivity contribution in [1.29, 1.82) is 0 Å². The molecule has 106 valence electrons. The fraction of sp³-hybridized carbons (Fsp3) is 0.462. The number of aromatic nitrogens is 4. The SMILES string of the molecule is CCCC(=O)Nc1ncnc2ncn(C(=O)CCC)c12. The number of nitrogens with one attached hydrogen (secondary N) is 1. The van der Waals surface area contributed by atoms with Crippen LogP contribution in [0, 0.1) is 0 Å². The van der Waals surface area contributed by atoms with Crippen LogP contribution in [-0.4, -0.2) is 31.3 Å². The predicted octanol–water partition coefficient (Wildman–Crippen LogP) is 2.01. The number of carbonyl (C=O) groups is 2. The Kier molecular flexibility index (Phi) is 4.39. The minimum Gasteiger partial charge on any atom is -0.309 e. The summed E-state index contributed by atoms with van der Waals surface area (Å²) in [5, 5.41) is 2.71. The molecule has 0 unspecified atom stereocenters. The first-order valence-corrected chi connectivity index (χ1v) is 6.68. The topological polar surface area (TPSA) is 89.8 Å².